The van der Waals surface area contributed by atoms with E-state index in [1.165, 1.54) is 23.5 Å². The maximum Gasteiger partial charge on any atom is 0.214 e. The minimum Gasteiger partial charge on any atom is -0.390 e. The van der Waals surface area contributed by atoms with E-state index in [0.29, 0.717) is 11.6 Å². The predicted molar refractivity (Wildman–Crippen MR) is 98.8 cm³/mol. The van der Waals surface area contributed by atoms with Gasteiger partial charge in [-0.1, -0.05) is 35.6 Å². The highest BCUT2D eigenvalue weighted by molar-refractivity contribution is 7.20. The van der Waals surface area contributed by atoms with E-state index in [4.69, 9.17) is 0 Å². The topological polar surface area (TPSA) is 62.5 Å². The van der Waals surface area contributed by atoms with Gasteiger partial charge in [0.2, 0.25) is 10.1 Å². The first-order chi connectivity index (χ1) is 12.7. The highest BCUT2D eigenvalue weighted by atomic mass is 32.1. The standard InChI is InChI=1S/C19H15FN4OS/c20-13-7-5-11(6-8-13)15-10-24-19(21-15)26-18(23-24)22-17-14-4-2-1-3-12(14)9-16(17)25/h1-8,10,16-17,25H,9H2,(H,22,23)/t16-,17+/m1/s1. The van der Waals surface area contributed by atoms with Crippen molar-refractivity contribution in [3.63, 3.8) is 0 Å². The molecule has 5 nitrogen and oxygen atoms in total. The Morgan fingerprint density at radius 3 is 2.77 bits per heavy atom. The third-order valence-corrected chi connectivity index (χ3v) is 5.52. The van der Waals surface area contributed by atoms with Crippen LogP contribution in [0, 0.1) is 5.82 Å². The first-order valence-corrected chi connectivity index (χ1v) is 9.13. The quantitative estimate of drug-likeness (QED) is 0.581. The minimum absolute atomic E-state index is 0.168. The largest absolute Gasteiger partial charge is 0.390 e. The van der Waals surface area contributed by atoms with Gasteiger partial charge in [0.05, 0.1) is 24.0 Å². The molecule has 2 aromatic carbocycles. The first kappa shape index (κ1) is 15.5. The normalized spacial score (nSPS) is 19.0. The summed E-state index contributed by atoms with van der Waals surface area (Å²) in [6.45, 7) is 0. The molecule has 26 heavy (non-hydrogen) atoms. The third kappa shape index (κ3) is 2.56. The highest BCUT2D eigenvalue weighted by Crippen LogP contribution is 2.35. The second kappa shape index (κ2) is 5.89. The van der Waals surface area contributed by atoms with Crippen LogP contribution < -0.4 is 5.32 Å². The number of anilines is 1. The van der Waals surface area contributed by atoms with Crippen LogP contribution in [0.1, 0.15) is 17.2 Å². The van der Waals surface area contributed by atoms with Crippen molar-refractivity contribution in [2.75, 3.05) is 5.32 Å². The molecule has 0 fully saturated rings. The van der Waals surface area contributed by atoms with E-state index in [2.05, 4.69) is 15.4 Å². The smallest absolute Gasteiger partial charge is 0.214 e. The Morgan fingerprint density at radius 1 is 1.15 bits per heavy atom. The molecule has 7 heteroatoms. The van der Waals surface area contributed by atoms with E-state index in [0.717, 1.165) is 27.3 Å². The number of nitrogens with zero attached hydrogens (tertiary/aromatic N) is 3. The third-order valence-electron chi connectivity index (χ3n) is 4.67. The fourth-order valence-electron chi connectivity index (χ4n) is 3.40. The van der Waals surface area contributed by atoms with Gasteiger partial charge in [0.25, 0.3) is 0 Å². The number of halogens is 1. The SMILES string of the molecule is O[C@@H]1Cc2ccccc2[C@@H]1Nc1nn2cc(-c3ccc(F)cc3)nc2s1. The van der Waals surface area contributed by atoms with Crippen LogP contribution in [-0.4, -0.2) is 25.8 Å². The number of aliphatic hydroxyl groups is 1. The molecule has 130 valence electrons. The van der Waals surface area contributed by atoms with E-state index in [-0.39, 0.29) is 11.9 Å². The van der Waals surface area contributed by atoms with Crippen LogP contribution in [0.2, 0.25) is 0 Å². The zero-order valence-corrected chi connectivity index (χ0v) is 14.4. The molecular formula is C19H15FN4OS. The summed E-state index contributed by atoms with van der Waals surface area (Å²) in [4.78, 5) is 5.31. The average molecular weight is 366 g/mol. The van der Waals surface area contributed by atoms with E-state index >= 15 is 0 Å². The first-order valence-electron chi connectivity index (χ1n) is 8.32. The van der Waals surface area contributed by atoms with Crippen molar-refractivity contribution in [1.82, 2.24) is 14.6 Å². The molecule has 1 aliphatic rings. The molecule has 0 amide bonds. The molecule has 0 spiro atoms. The van der Waals surface area contributed by atoms with Crippen LogP contribution in [0.5, 0.6) is 0 Å². The lowest BCUT2D eigenvalue weighted by molar-refractivity contribution is 0.166. The van der Waals surface area contributed by atoms with Gasteiger partial charge >= 0.3 is 0 Å². The van der Waals surface area contributed by atoms with Crippen molar-refractivity contribution >= 4 is 21.4 Å². The minimum atomic E-state index is -0.474. The van der Waals surface area contributed by atoms with Crippen LogP contribution in [-0.2, 0) is 6.42 Å². The maximum atomic E-state index is 13.1. The molecule has 4 aromatic rings. The molecule has 0 bridgehead atoms. The van der Waals surface area contributed by atoms with Crippen LogP contribution in [0.15, 0.2) is 54.7 Å². The number of aliphatic hydroxyl groups excluding tert-OH is 1. The van der Waals surface area contributed by atoms with Gasteiger partial charge in [-0.3, -0.25) is 0 Å². The average Bonchev–Trinajstić information content (AvgIpc) is 3.28. The second-order valence-corrected chi connectivity index (χ2v) is 7.32. The molecule has 0 saturated carbocycles. The van der Waals surface area contributed by atoms with Crippen LogP contribution in [0.4, 0.5) is 9.52 Å². The van der Waals surface area contributed by atoms with Crippen LogP contribution in [0.3, 0.4) is 0 Å². The molecule has 0 saturated heterocycles. The van der Waals surface area contributed by atoms with Crippen molar-refractivity contribution in [2.24, 2.45) is 0 Å². The molecule has 0 radical (unpaired) electrons. The van der Waals surface area contributed by atoms with Crippen molar-refractivity contribution in [2.45, 2.75) is 18.6 Å². The summed E-state index contributed by atoms with van der Waals surface area (Å²) in [6, 6.07) is 14.1. The van der Waals surface area contributed by atoms with E-state index in [1.54, 1.807) is 16.6 Å². The summed E-state index contributed by atoms with van der Waals surface area (Å²) in [5.41, 5.74) is 3.87. The summed E-state index contributed by atoms with van der Waals surface area (Å²) in [5, 5.41) is 18.9. The number of fused-ring (bicyclic) bond motifs is 2. The van der Waals surface area contributed by atoms with Crippen molar-refractivity contribution in [1.29, 1.82) is 0 Å². The molecule has 2 aromatic heterocycles. The van der Waals surface area contributed by atoms with Gasteiger partial charge in [0.1, 0.15) is 5.82 Å². The lowest BCUT2D eigenvalue weighted by Crippen LogP contribution is -2.21. The molecule has 5 rings (SSSR count). The van der Waals surface area contributed by atoms with E-state index < -0.39 is 6.10 Å². The van der Waals surface area contributed by atoms with Gasteiger partial charge in [-0.15, -0.1) is 5.10 Å². The lowest BCUT2D eigenvalue weighted by Gasteiger charge is -2.16. The number of rotatable bonds is 3. The molecule has 1 aliphatic carbocycles. The van der Waals surface area contributed by atoms with E-state index in [1.807, 2.05) is 30.5 Å². The Balaban J connectivity index is 1.42. The molecule has 0 aliphatic heterocycles. The number of benzene rings is 2. The Kier molecular flexibility index (Phi) is 3.51. The van der Waals surface area contributed by atoms with Gasteiger partial charge < -0.3 is 10.4 Å². The summed E-state index contributed by atoms with van der Waals surface area (Å²) in [7, 11) is 0. The summed E-state index contributed by atoms with van der Waals surface area (Å²) < 4.78 is 14.8. The number of nitrogens with one attached hydrogen (secondary N) is 1. The fraction of sp³-hybridized carbons (Fsp3) is 0.158. The number of hydrogen-bond acceptors (Lipinski definition) is 5. The maximum absolute atomic E-state index is 13.1. The molecular weight excluding hydrogens is 351 g/mol. The summed E-state index contributed by atoms with van der Waals surface area (Å²) in [6.07, 6.45) is 1.99. The highest BCUT2D eigenvalue weighted by Gasteiger charge is 2.31. The van der Waals surface area contributed by atoms with Crippen molar-refractivity contribution < 1.29 is 9.50 Å². The Bertz CT molecular complexity index is 1060. The fourth-order valence-corrected chi connectivity index (χ4v) is 4.22. The predicted octanol–water partition coefficient (Wildman–Crippen LogP) is 3.67. The van der Waals surface area contributed by atoms with Crippen LogP contribution in [0.25, 0.3) is 16.2 Å². The monoisotopic (exact) mass is 366 g/mol. The summed E-state index contributed by atoms with van der Waals surface area (Å²) in [5.74, 6) is -0.269. The number of imidazole rings is 1. The molecule has 2 heterocycles. The summed E-state index contributed by atoms with van der Waals surface area (Å²) >= 11 is 1.42. The van der Waals surface area contributed by atoms with Gasteiger partial charge in [-0.05, 0) is 35.4 Å². The second-order valence-electron chi connectivity index (χ2n) is 6.36. The number of aromatic nitrogens is 3. The Morgan fingerprint density at radius 2 is 1.96 bits per heavy atom. The molecule has 2 N–H and O–H groups in total. The van der Waals surface area contributed by atoms with Gasteiger partial charge in [0, 0.05) is 12.0 Å². The van der Waals surface area contributed by atoms with Gasteiger partial charge in [-0.25, -0.2) is 13.9 Å². The van der Waals surface area contributed by atoms with Gasteiger partial charge in [-0.2, -0.15) is 0 Å². The van der Waals surface area contributed by atoms with Crippen molar-refractivity contribution in [3.05, 3.63) is 71.7 Å². The zero-order valence-electron chi connectivity index (χ0n) is 13.6. The lowest BCUT2D eigenvalue weighted by atomic mass is 10.1. The van der Waals surface area contributed by atoms with Gasteiger partial charge in [0.15, 0.2) is 0 Å². The Labute approximate surface area is 152 Å². The molecule has 0 unspecified atom stereocenters. The van der Waals surface area contributed by atoms with E-state index in [9.17, 15) is 9.50 Å². The molecule has 2 atom stereocenters. The zero-order chi connectivity index (χ0) is 17.7. The Hall–Kier alpha value is -2.77. The number of hydrogen-bond donors (Lipinski definition) is 2. The van der Waals surface area contributed by atoms with Crippen LogP contribution >= 0.6 is 11.3 Å². The van der Waals surface area contributed by atoms with Crippen molar-refractivity contribution in [3.8, 4) is 11.3 Å².